The summed E-state index contributed by atoms with van der Waals surface area (Å²) in [6, 6.07) is -3.78. The van der Waals surface area contributed by atoms with Crippen LogP contribution in [0.3, 0.4) is 0 Å². The number of primary amides is 1. The average Bonchev–Trinajstić information content (AvgIpc) is 3.46. The molecule has 2 heterocycles. The monoisotopic (exact) mass is 693 g/mol. The number of H-pyrrole nitrogens is 1. The molecule has 1 aliphatic heterocycles. The van der Waals surface area contributed by atoms with E-state index in [1.54, 1.807) is 4.90 Å². The fourth-order valence-corrected chi connectivity index (χ4v) is 9.79. The third-order valence-electron chi connectivity index (χ3n) is 13.3. The summed E-state index contributed by atoms with van der Waals surface area (Å²) in [5, 5.41) is 8.81. The van der Waals surface area contributed by atoms with Crippen molar-refractivity contribution in [2.45, 2.75) is 135 Å². The molecule has 0 bridgehead atoms. The van der Waals surface area contributed by atoms with Gasteiger partial charge in [0.05, 0.1) is 12.4 Å². The molecular weight excluding hydrogens is 638 g/mol. The number of aromatic nitrogens is 2. The SMILES string of the molecule is CC1C2(CCC2)[C@@]12C[C@@H](C(=O)NC(CC1CCC1)C(=O)C(N)=O)N(C(=O)[C@@H](NC(=O)[C@@H](NC(=O)c1c[nH]cn1)C1CCCCC1)C(C)(C)C)C2. The molecule has 274 valence electrons. The predicted octanol–water partition coefficient (Wildman–Crippen LogP) is 2.76. The Kier molecular flexibility index (Phi) is 9.91. The van der Waals surface area contributed by atoms with Gasteiger partial charge in [0.15, 0.2) is 0 Å². The Morgan fingerprint density at radius 3 is 2.18 bits per heavy atom. The molecule has 5 aliphatic rings. The number of carbonyl (C=O) groups excluding carboxylic acids is 6. The van der Waals surface area contributed by atoms with E-state index in [0.29, 0.717) is 25.3 Å². The van der Waals surface area contributed by atoms with Gasteiger partial charge in [-0.25, -0.2) is 4.98 Å². The molecule has 0 aromatic carbocycles. The van der Waals surface area contributed by atoms with Crippen molar-refractivity contribution >= 4 is 35.3 Å². The van der Waals surface area contributed by atoms with Gasteiger partial charge in [-0.1, -0.05) is 72.6 Å². The smallest absolute Gasteiger partial charge is 0.287 e. The number of nitrogens with one attached hydrogen (secondary N) is 4. The first-order valence-corrected chi connectivity index (χ1v) is 18.7. The van der Waals surface area contributed by atoms with Crippen LogP contribution in [-0.4, -0.2) is 80.9 Å². The number of aromatic amines is 1. The van der Waals surface area contributed by atoms with E-state index >= 15 is 0 Å². The van der Waals surface area contributed by atoms with Gasteiger partial charge < -0.3 is 31.6 Å². The van der Waals surface area contributed by atoms with E-state index in [0.717, 1.165) is 70.6 Å². The Labute approximate surface area is 294 Å². The lowest BCUT2D eigenvalue weighted by molar-refractivity contribution is -0.145. The summed E-state index contributed by atoms with van der Waals surface area (Å²) in [7, 11) is 0. The van der Waals surface area contributed by atoms with Gasteiger partial charge in [-0.2, -0.15) is 0 Å². The number of nitrogens with zero attached hydrogens (tertiary/aromatic N) is 2. The van der Waals surface area contributed by atoms with Crippen molar-refractivity contribution in [3.63, 3.8) is 0 Å². The fraction of sp³-hybridized carbons (Fsp3) is 0.757. The minimum Gasteiger partial charge on any atom is -0.363 e. The van der Waals surface area contributed by atoms with Crippen LogP contribution in [0.1, 0.15) is 122 Å². The second kappa shape index (κ2) is 13.7. The molecule has 4 saturated carbocycles. The van der Waals surface area contributed by atoms with Crippen LogP contribution in [0.25, 0.3) is 0 Å². The second-order valence-corrected chi connectivity index (χ2v) is 17.0. The molecule has 0 radical (unpaired) electrons. The Morgan fingerprint density at radius 2 is 1.66 bits per heavy atom. The molecule has 13 nitrogen and oxygen atoms in total. The molecule has 6 atom stereocenters. The number of likely N-dealkylation sites (tertiary alicyclic amines) is 1. The number of ketones is 1. The number of hydrogen-bond donors (Lipinski definition) is 5. The highest BCUT2D eigenvalue weighted by Gasteiger charge is 2.78. The third-order valence-corrected chi connectivity index (χ3v) is 13.3. The normalized spacial score (nSPS) is 27.8. The van der Waals surface area contributed by atoms with Gasteiger partial charge in [-0.15, -0.1) is 0 Å². The Bertz CT molecular complexity index is 1490. The Balaban J connectivity index is 1.26. The molecule has 1 aromatic rings. The van der Waals surface area contributed by atoms with Crippen LogP contribution >= 0.6 is 0 Å². The van der Waals surface area contributed by atoms with E-state index in [4.69, 9.17) is 5.73 Å². The van der Waals surface area contributed by atoms with Gasteiger partial charge in [-0.05, 0) is 72.5 Å². The summed E-state index contributed by atoms with van der Waals surface area (Å²) in [5.74, 6) is -3.20. The van der Waals surface area contributed by atoms with Gasteiger partial charge in [-0.3, -0.25) is 28.8 Å². The molecule has 50 heavy (non-hydrogen) atoms. The largest absolute Gasteiger partial charge is 0.363 e. The number of rotatable bonds is 12. The molecule has 6 N–H and O–H groups in total. The van der Waals surface area contributed by atoms with E-state index in [1.807, 2.05) is 20.8 Å². The number of nitrogens with two attached hydrogens (primary N) is 1. The number of carbonyl (C=O) groups is 6. The lowest BCUT2D eigenvalue weighted by atomic mass is 9.74. The van der Waals surface area contributed by atoms with E-state index < -0.39 is 59.0 Å². The molecule has 5 amide bonds. The maximum atomic E-state index is 14.8. The molecule has 2 unspecified atom stereocenters. The van der Waals surface area contributed by atoms with Crippen LogP contribution < -0.4 is 21.7 Å². The van der Waals surface area contributed by atoms with Crippen LogP contribution in [0.5, 0.6) is 0 Å². The summed E-state index contributed by atoms with van der Waals surface area (Å²) in [4.78, 5) is 89.7. The quantitative estimate of drug-likeness (QED) is 0.208. The summed E-state index contributed by atoms with van der Waals surface area (Å²) >= 11 is 0. The molecule has 6 rings (SSSR count). The molecule has 1 aromatic heterocycles. The second-order valence-electron chi connectivity index (χ2n) is 17.0. The van der Waals surface area contributed by atoms with Crippen molar-refractivity contribution in [1.82, 2.24) is 30.8 Å². The highest BCUT2D eigenvalue weighted by molar-refractivity contribution is 6.37. The van der Waals surface area contributed by atoms with Crippen molar-refractivity contribution in [2.24, 2.45) is 39.7 Å². The standard InChI is InChI=1S/C37H55N7O6/c1-21-36(14-9-15-36)37(21)17-26(32(48)41-24(28(45)30(38)46)16-22-10-8-11-22)44(19-37)34(50)29(35(2,3)4)43-33(49)27(23-12-6-5-7-13-23)42-31(47)25-18-39-20-40-25/h18,20-24,26-27,29H,5-17,19H2,1-4H3,(H2,38,46)(H,39,40)(H,41,48)(H,42,47)(H,43,49)/t21?,24?,26-,27-,29+,37+/m0/s1. The zero-order chi connectivity index (χ0) is 36.0. The summed E-state index contributed by atoms with van der Waals surface area (Å²) in [6.45, 7) is 8.22. The van der Waals surface area contributed by atoms with Gasteiger partial charge in [0.25, 0.3) is 11.8 Å². The maximum absolute atomic E-state index is 14.8. The first kappa shape index (κ1) is 36.0. The topological polar surface area (TPSA) is 196 Å². The molecule has 4 aliphatic carbocycles. The number of amides is 5. The number of fused-ring (bicyclic) bond motifs is 1. The number of hydrogen-bond acceptors (Lipinski definition) is 7. The summed E-state index contributed by atoms with van der Waals surface area (Å²) in [6.07, 6.45) is 14.3. The molecule has 2 spiro atoms. The average molecular weight is 694 g/mol. The minimum absolute atomic E-state index is 0.0814. The van der Waals surface area contributed by atoms with Crippen molar-refractivity contribution in [3.8, 4) is 0 Å². The lowest BCUT2D eigenvalue weighted by Crippen LogP contribution is -2.62. The Morgan fingerprint density at radius 1 is 0.960 bits per heavy atom. The van der Waals surface area contributed by atoms with Crippen LogP contribution in [0.4, 0.5) is 0 Å². The maximum Gasteiger partial charge on any atom is 0.287 e. The van der Waals surface area contributed by atoms with Gasteiger partial charge >= 0.3 is 0 Å². The lowest BCUT2D eigenvalue weighted by Gasteiger charge is -2.38. The zero-order valence-electron chi connectivity index (χ0n) is 30.0. The van der Waals surface area contributed by atoms with Crippen LogP contribution in [0.2, 0.25) is 0 Å². The minimum atomic E-state index is -1.09. The van der Waals surface area contributed by atoms with E-state index in [2.05, 4.69) is 32.8 Å². The summed E-state index contributed by atoms with van der Waals surface area (Å²) < 4.78 is 0. The third kappa shape index (κ3) is 6.56. The van der Waals surface area contributed by atoms with Crippen molar-refractivity contribution in [1.29, 1.82) is 0 Å². The highest BCUT2D eigenvalue weighted by Crippen LogP contribution is 2.81. The fourth-order valence-electron chi connectivity index (χ4n) is 9.79. The molecule has 13 heteroatoms. The van der Waals surface area contributed by atoms with Crippen LogP contribution in [0, 0.1) is 34.0 Å². The molecule has 5 fully saturated rings. The van der Waals surface area contributed by atoms with E-state index in [-0.39, 0.29) is 34.3 Å². The highest BCUT2D eigenvalue weighted by atomic mass is 16.2. The molecule has 1 saturated heterocycles. The predicted molar refractivity (Wildman–Crippen MR) is 184 cm³/mol. The van der Waals surface area contributed by atoms with Gasteiger partial charge in [0.1, 0.15) is 23.8 Å². The van der Waals surface area contributed by atoms with Crippen molar-refractivity contribution in [3.05, 3.63) is 18.2 Å². The Hall–Kier alpha value is -3.77. The number of imidazole rings is 1. The summed E-state index contributed by atoms with van der Waals surface area (Å²) in [5.41, 5.74) is 4.69. The van der Waals surface area contributed by atoms with Crippen molar-refractivity contribution in [2.75, 3.05) is 6.54 Å². The van der Waals surface area contributed by atoms with Crippen molar-refractivity contribution < 1.29 is 28.8 Å². The van der Waals surface area contributed by atoms with Crippen LogP contribution in [-0.2, 0) is 24.0 Å². The zero-order valence-corrected chi connectivity index (χ0v) is 30.0. The van der Waals surface area contributed by atoms with Gasteiger partial charge in [0, 0.05) is 12.7 Å². The number of Topliss-reactive ketones (excluding diaryl/α,β-unsaturated/α-hetero) is 1. The van der Waals surface area contributed by atoms with Gasteiger partial charge in [0.2, 0.25) is 23.5 Å². The van der Waals surface area contributed by atoms with Crippen LogP contribution in [0.15, 0.2) is 12.5 Å². The first-order valence-electron chi connectivity index (χ1n) is 18.7. The van der Waals surface area contributed by atoms with E-state index in [1.165, 1.54) is 12.5 Å². The first-order chi connectivity index (χ1) is 23.7. The molecular formula is C37H55N7O6. The van der Waals surface area contributed by atoms with E-state index in [9.17, 15) is 28.8 Å².